The maximum absolute atomic E-state index is 11.7. The summed E-state index contributed by atoms with van der Waals surface area (Å²) in [7, 11) is 1.46. The topological polar surface area (TPSA) is 71.1 Å². The van der Waals surface area contributed by atoms with Gasteiger partial charge < -0.3 is 5.32 Å². The van der Waals surface area contributed by atoms with Crippen LogP contribution >= 0.6 is 34.7 Å². The van der Waals surface area contributed by atoms with E-state index in [0.29, 0.717) is 5.02 Å². The average Bonchev–Trinajstić information content (AvgIpc) is 2.79. The highest BCUT2D eigenvalue weighted by Crippen LogP contribution is 2.33. The first-order valence-corrected chi connectivity index (χ1v) is 7.82. The number of benzene rings is 1. The van der Waals surface area contributed by atoms with Crippen molar-refractivity contribution in [3.05, 3.63) is 23.2 Å². The number of nitrogens with zero attached hydrogens (tertiary/aromatic N) is 1. The Hall–Kier alpha value is -1.31. The number of carbonyl (C=O) groups is 2. The standard InChI is InChI=1S/C12H12ClN3O2S2/c1-6(10(17)16-11(18)14-2)19-12-15-8-5-7(13)3-4-9(8)20-12/h3-6H,1-2H3,(H2,14,16,17,18)/t6-/m0/s1. The van der Waals surface area contributed by atoms with Crippen molar-refractivity contribution >= 4 is 56.9 Å². The summed E-state index contributed by atoms with van der Waals surface area (Å²) in [5.41, 5.74) is 0.809. The molecule has 0 bridgehead atoms. The van der Waals surface area contributed by atoms with Gasteiger partial charge in [0.05, 0.1) is 15.5 Å². The van der Waals surface area contributed by atoms with Gasteiger partial charge in [-0.1, -0.05) is 23.4 Å². The van der Waals surface area contributed by atoms with E-state index in [1.165, 1.54) is 30.1 Å². The van der Waals surface area contributed by atoms with E-state index in [9.17, 15) is 9.59 Å². The van der Waals surface area contributed by atoms with Crippen molar-refractivity contribution < 1.29 is 9.59 Å². The Morgan fingerprint density at radius 3 is 2.90 bits per heavy atom. The number of amides is 3. The molecule has 3 amide bonds. The molecule has 0 radical (unpaired) electrons. The number of fused-ring (bicyclic) bond motifs is 1. The summed E-state index contributed by atoms with van der Waals surface area (Å²) in [5, 5.41) is 4.79. The molecule has 0 aliphatic rings. The van der Waals surface area contributed by atoms with E-state index in [1.807, 2.05) is 6.07 Å². The maximum Gasteiger partial charge on any atom is 0.321 e. The number of halogens is 1. The van der Waals surface area contributed by atoms with E-state index in [4.69, 9.17) is 11.6 Å². The Balaban J connectivity index is 2.07. The number of urea groups is 1. The van der Waals surface area contributed by atoms with Crippen LogP contribution in [0.25, 0.3) is 10.2 Å². The van der Waals surface area contributed by atoms with Crippen LogP contribution in [0.15, 0.2) is 22.5 Å². The average molecular weight is 330 g/mol. The van der Waals surface area contributed by atoms with E-state index >= 15 is 0 Å². The van der Waals surface area contributed by atoms with Gasteiger partial charge in [-0.3, -0.25) is 10.1 Å². The quantitative estimate of drug-likeness (QED) is 0.849. The van der Waals surface area contributed by atoms with Crippen molar-refractivity contribution in [1.82, 2.24) is 15.6 Å². The number of hydrogen-bond acceptors (Lipinski definition) is 5. The second kappa shape index (κ2) is 6.43. The lowest BCUT2D eigenvalue weighted by molar-refractivity contribution is -0.119. The first-order chi connectivity index (χ1) is 9.49. The molecule has 8 heteroatoms. The summed E-state index contributed by atoms with van der Waals surface area (Å²) in [6.45, 7) is 1.72. The highest BCUT2D eigenvalue weighted by Gasteiger charge is 2.18. The second-order valence-corrected chi connectivity index (χ2v) is 6.98. The zero-order valence-electron chi connectivity index (χ0n) is 10.8. The molecule has 1 atom stereocenters. The van der Waals surface area contributed by atoms with Gasteiger partial charge in [-0.2, -0.15) is 0 Å². The maximum atomic E-state index is 11.7. The first kappa shape index (κ1) is 15.1. The predicted octanol–water partition coefficient (Wildman–Crippen LogP) is 2.89. The van der Waals surface area contributed by atoms with E-state index in [1.54, 1.807) is 19.1 Å². The zero-order valence-corrected chi connectivity index (χ0v) is 13.2. The van der Waals surface area contributed by atoms with E-state index in [0.717, 1.165) is 14.6 Å². The van der Waals surface area contributed by atoms with Crippen LogP contribution in [-0.2, 0) is 4.79 Å². The number of hydrogen-bond donors (Lipinski definition) is 2. The Labute approximate surface area is 129 Å². The number of thiazole rings is 1. The fourth-order valence-electron chi connectivity index (χ4n) is 1.41. The molecule has 0 spiro atoms. The van der Waals surface area contributed by atoms with Crippen LogP contribution < -0.4 is 10.6 Å². The lowest BCUT2D eigenvalue weighted by Gasteiger charge is -2.08. The normalized spacial score (nSPS) is 12.2. The van der Waals surface area contributed by atoms with Gasteiger partial charge in [0, 0.05) is 12.1 Å². The van der Waals surface area contributed by atoms with E-state index in [-0.39, 0.29) is 5.91 Å². The molecule has 2 aromatic rings. The molecule has 2 N–H and O–H groups in total. The van der Waals surface area contributed by atoms with Crippen molar-refractivity contribution in [2.75, 3.05) is 7.05 Å². The molecule has 20 heavy (non-hydrogen) atoms. The SMILES string of the molecule is CNC(=O)NC(=O)[C@H](C)Sc1nc2cc(Cl)ccc2s1. The van der Waals surface area contributed by atoms with Gasteiger partial charge in [-0.25, -0.2) is 9.78 Å². The second-order valence-electron chi connectivity index (χ2n) is 3.92. The summed E-state index contributed by atoms with van der Waals surface area (Å²) < 4.78 is 1.78. The number of carbonyl (C=O) groups excluding carboxylic acids is 2. The van der Waals surface area contributed by atoms with Gasteiger partial charge >= 0.3 is 6.03 Å². The van der Waals surface area contributed by atoms with Crippen LogP contribution in [0, 0.1) is 0 Å². The van der Waals surface area contributed by atoms with E-state index < -0.39 is 11.3 Å². The molecule has 5 nitrogen and oxygen atoms in total. The van der Waals surface area contributed by atoms with Crippen molar-refractivity contribution in [2.24, 2.45) is 0 Å². The Morgan fingerprint density at radius 1 is 1.45 bits per heavy atom. The number of nitrogens with one attached hydrogen (secondary N) is 2. The zero-order chi connectivity index (χ0) is 14.7. The molecule has 106 valence electrons. The smallest absolute Gasteiger partial charge is 0.321 e. The van der Waals surface area contributed by atoms with Crippen LogP contribution in [-0.4, -0.2) is 29.2 Å². The van der Waals surface area contributed by atoms with E-state index in [2.05, 4.69) is 15.6 Å². The number of thioether (sulfide) groups is 1. The van der Waals surface area contributed by atoms with Gasteiger partial charge in [0.2, 0.25) is 5.91 Å². The highest BCUT2D eigenvalue weighted by molar-refractivity contribution is 8.02. The first-order valence-electron chi connectivity index (χ1n) is 5.75. The minimum absolute atomic E-state index is 0.355. The van der Waals surface area contributed by atoms with Gasteiger partial charge in [0.15, 0.2) is 4.34 Å². The summed E-state index contributed by atoms with van der Waals surface area (Å²) in [5.74, 6) is -0.355. The summed E-state index contributed by atoms with van der Waals surface area (Å²) in [4.78, 5) is 27.2. The Kier molecular flexibility index (Phi) is 4.85. The number of imide groups is 1. The van der Waals surface area contributed by atoms with Gasteiger partial charge in [0.25, 0.3) is 0 Å². The van der Waals surface area contributed by atoms with Crippen LogP contribution in [0.4, 0.5) is 4.79 Å². The molecular weight excluding hydrogens is 318 g/mol. The minimum Gasteiger partial charge on any atom is -0.341 e. The molecule has 1 heterocycles. The fraction of sp³-hybridized carbons (Fsp3) is 0.250. The largest absolute Gasteiger partial charge is 0.341 e. The fourth-order valence-corrected chi connectivity index (χ4v) is 3.77. The molecule has 0 unspecified atom stereocenters. The predicted molar refractivity (Wildman–Crippen MR) is 82.5 cm³/mol. The van der Waals surface area contributed by atoms with Crippen LogP contribution in [0.1, 0.15) is 6.92 Å². The molecule has 0 saturated heterocycles. The third kappa shape index (κ3) is 3.62. The molecule has 0 aliphatic carbocycles. The molecule has 0 saturated carbocycles. The molecule has 2 rings (SSSR count). The van der Waals surface area contributed by atoms with Crippen molar-refractivity contribution in [3.8, 4) is 0 Å². The van der Waals surface area contributed by atoms with Crippen LogP contribution in [0.3, 0.4) is 0 Å². The van der Waals surface area contributed by atoms with Crippen LogP contribution in [0.2, 0.25) is 5.02 Å². The molecule has 1 aromatic carbocycles. The van der Waals surface area contributed by atoms with Gasteiger partial charge in [0.1, 0.15) is 0 Å². The van der Waals surface area contributed by atoms with Gasteiger partial charge in [-0.05, 0) is 25.1 Å². The van der Waals surface area contributed by atoms with Crippen molar-refractivity contribution in [3.63, 3.8) is 0 Å². The molecular formula is C12H12ClN3O2S2. The molecule has 0 aliphatic heterocycles. The monoisotopic (exact) mass is 329 g/mol. The lowest BCUT2D eigenvalue weighted by Crippen LogP contribution is -2.41. The van der Waals surface area contributed by atoms with Crippen molar-refractivity contribution in [2.45, 2.75) is 16.5 Å². The Bertz CT molecular complexity index is 659. The number of rotatable bonds is 3. The summed E-state index contributed by atoms with van der Waals surface area (Å²) in [6, 6.07) is 4.97. The third-order valence-corrected chi connectivity index (χ3v) is 4.91. The third-order valence-electron chi connectivity index (χ3n) is 2.44. The molecule has 1 aromatic heterocycles. The van der Waals surface area contributed by atoms with Crippen LogP contribution in [0.5, 0.6) is 0 Å². The highest BCUT2D eigenvalue weighted by atomic mass is 35.5. The lowest BCUT2D eigenvalue weighted by atomic mass is 10.3. The van der Waals surface area contributed by atoms with Gasteiger partial charge in [-0.15, -0.1) is 11.3 Å². The minimum atomic E-state index is -0.515. The Morgan fingerprint density at radius 2 is 2.20 bits per heavy atom. The number of aromatic nitrogens is 1. The molecule has 0 fully saturated rings. The van der Waals surface area contributed by atoms with Crippen molar-refractivity contribution in [1.29, 1.82) is 0 Å². The summed E-state index contributed by atoms with van der Waals surface area (Å²) >= 11 is 8.70. The summed E-state index contributed by atoms with van der Waals surface area (Å²) in [6.07, 6.45) is 0.